The van der Waals surface area contributed by atoms with Crippen LogP contribution in [0.1, 0.15) is 6.42 Å². The normalized spacial score (nSPS) is 19.8. The summed E-state index contributed by atoms with van der Waals surface area (Å²) in [6.07, 6.45) is 0.108. The van der Waals surface area contributed by atoms with Gasteiger partial charge in [0.2, 0.25) is 0 Å². The first-order chi connectivity index (χ1) is 9.65. The zero-order valence-corrected chi connectivity index (χ0v) is 12.7. The van der Waals surface area contributed by atoms with E-state index >= 15 is 0 Å². The first-order valence-electron chi connectivity index (χ1n) is 6.57. The van der Waals surface area contributed by atoms with E-state index in [1.807, 2.05) is 24.3 Å². The van der Waals surface area contributed by atoms with E-state index in [-0.39, 0.29) is 12.5 Å². The topological polar surface area (TPSA) is 59.0 Å². The van der Waals surface area contributed by atoms with Gasteiger partial charge in [0.25, 0.3) is 0 Å². The van der Waals surface area contributed by atoms with Gasteiger partial charge >= 0.3 is 5.97 Å². The van der Waals surface area contributed by atoms with E-state index in [4.69, 9.17) is 14.6 Å². The third-order valence-corrected chi connectivity index (χ3v) is 3.70. The maximum Gasteiger partial charge on any atom is 0.305 e. The largest absolute Gasteiger partial charge is 0.492 e. The van der Waals surface area contributed by atoms with Gasteiger partial charge in [-0.15, -0.1) is 0 Å². The Morgan fingerprint density at radius 3 is 3.15 bits per heavy atom. The van der Waals surface area contributed by atoms with E-state index in [9.17, 15) is 4.79 Å². The molecule has 1 saturated heterocycles. The Morgan fingerprint density at radius 2 is 2.40 bits per heavy atom. The van der Waals surface area contributed by atoms with Crippen molar-refractivity contribution in [2.75, 3.05) is 32.9 Å². The molecule has 0 bridgehead atoms. The van der Waals surface area contributed by atoms with Crippen molar-refractivity contribution in [2.24, 2.45) is 0 Å². The van der Waals surface area contributed by atoms with Crippen molar-refractivity contribution < 1.29 is 19.4 Å². The number of carbonyl (C=O) groups is 1. The monoisotopic (exact) mass is 343 g/mol. The van der Waals surface area contributed by atoms with Crippen LogP contribution in [-0.2, 0) is 9.53 Å². The molecule has 110 valence electrons. The fourth-order valence-corrected chi connectivity index (χ4v) is 2.59. The molecule has 1 heterocycles. The van der Waals surface area contributed by atoms with Crippen LogP contribution in [-0.4, -0.2) is 54.9 Å². The van der Waals surface area contributed by atoms with Gasteiger partial charge in [-0.1, -0.05) is 22.0 Å². The fraction of sp³-hybridized carbons (Fsp3) is 0.500. The van der Waals surface area contributed by atoms with E-state index in [1.54, 1.807) is 0 Å². The Hall–Kier alpha value is -1.11. The molecule has 6 heteroatoms. The number of morpholine rings is 1. The molecule has 20 heavy (non-hydrogen) atoms. The number of halogens is 1. The maximum absolute atomic E-state index is 10.8. The molecule has 1 aliphatic heterocycles. The summed E-state index contributed by atoms with van der Waals surface area (Å²) in [6.45, 7) is 3.11. The summed E-state index contributed by atoms with van der Waals surface area (Å²) in [6, 6.07) is 7.61. The Bertz CT molecular complexity index is 455. The maximum atomic E-state index is 10.8. The molecule has 0 amide bonds. The molecule has 1 N–H and O–H groups in total. The summed E-state index contributed by atoms with van der Waals surface area (Å²) < 4.78 is 12.0. The SMILES string of the molecule is O=C(O)CC1COCCN1CCOc1cccc(Br)c1. The van der Waals surface area contributed by atoms with Crippen LogP contribution in [0, 0.1) is 0 Å². The Kier molecular flexibility index (Phi) is 5.82. The van der Waals surface area contributed by atoms with Crippen molar-refractivity contribution in [3.63, 3.8) is 0 Å². The standard InChI is InChI=1S/C14H18BrNO4/c15-11-2-1-3-13(8-11)20-7-5-16-4-6-19-10-12(16)9-14(17)18/h1-3,8,12H,4-7,9-10H2,(H,17,18). The van der Waals surface area contributed by atoms with Gasteiger partial charge in [0.15, 0.2) is 0 Å². The molecule has 0 spiro atoms. The van der Waals surface area contributed by atoms with Crippen LogP contribution in [0.3, 0.4) is 0 Å². The van der Waals surface area contributed by atoms with Gasteiger partial charge in [-0.2, -0.15) is 0 Å². The summed E-state index contributed by atoms with van der Waals surface area (Å²) in [5.41, 5.74) is 0. The summed E-state index contributed by atoms with van der Waals surface area (Å²) >= 11 is 3.40. The zero-order valence-electron chi connectivity index (χ0n) is 11.1. The average molecular weight is 344 g/mol. The smallest absolute Gasteiger partial charge is 0.305 e. The molecule has 0 aromatic heterocycles. The molecule has 1 unspecified atom stereocenters. The molecule has 0 radical (unpaired) electrons. The van der Waals surface area contributed by atoms with Crippen LogP contribution in [0.25, 0.3) is 0 Å². The molecule has 1 aliphatic rings. The fourth-order valence-electron chi connectivity index (χ4n) is 2.21. The second-order valence-corrected chi connectivity index (χ2v) is 5.58. The molecule has 2 rings (SSSR count). The van der Waals surface area contributed by atoms with Crippen LogP contribution in [0.4, 0.5) is 0 Å². The van der Waals surface area contributed by atoms with Crippen LogP contribution in [0.5, 0.6) is 5.75 Å². The number of carboxylic acid groups (broad SMARTS) is 1. The number of aliphatic carboxylic acids is 1. The Balaban J connectivity index is 1.80. The van der Waals surface area contributed by atoms with Crippen molar-refractivity contribution in [1.82, 2.24) is 4.90 Å². The van der Waals surface area contributed by atoms with Gasteiger partial charge in [-0.3, -0.25) is 9.69 Å². The summed E-state index contributed by atoms with van der Waals surface area (Å²) in [4.78, 5) is 12.9. The first-order valence-corrected chi connectivity index (χ1v) is 7.36. The minimum atomic E-state index is -0.793. The highest BCUT2D eigenvalue weighted by molar-refractivity contribution is 9.10. The lowest BCUT2D eigenvalue weighted by atomic mass is 10.1. The summed E-state index contributed by atoms with van der Waals surface area (Å²) in [7, 11) is 0. The van der Waals surface area contributed by atoms with Crippen LogP contribution in [0.15, 0.2) is 28.7 Å². The second kappa shape index (κ2) is 7.61. The van der Waals surface area contributed by atoms with Crippen LogP contribution < -0.4 is 4.74 Å². The van der Waals surface area contributed by atoms with Crippen molar-refractivity contribution in [3.8, 4) is 5.75 Å². The summed E-state index contributed by atoms with van der Waals surface area (Å²) in [5.74, 6) is 0.0147. The van der Waals surface area contributed by atoms with Crippen LogP contribution in [0.2, 0.25) is 0 Å². The minimum Gasteiger partial charge on any atom is -0.492 e. The van der Waals surface area contributed by atoms with E-state index in [0.717, 1.165) is 16.8 Å². The van der Waals surface area contributed by atoms with Gasteiger partial charge < -0.3 is 14.6 Å². The van der Waals surface area contributed by atoms with Gasteiger partial charge in [-0.05, 0) is 18.2 Å². The first kappa shape index (κ1) is 15.3. The van der Waals surface area contributed by atoms with E-state index in [0.29, 0.717) is 26.4 Å². The molecular weight excluding hydrogens is 326 g/mol. The minimum absolute atomic E-state index is 0.0626. The number of nitrogens with zero attached hydrogens (tertiary/aromatic N) is 1. The Labute approximate surface area is 126 Å². The van der Waals surface area contributed by atoms with Crippen molar-refractivity contribution in [2.45, 2.75) is 12.5 Å². The van der Waals surface area contributed by atoms with Gasteiger partial charge in [0, 0.05) is 23.6 Å². The van der Waals surface area contributed by atoms with Gasteiger partial charge in [0.05, 0.1) is 19.6 Å². The predicted molar refractivity (Wildman–Crippen MR) is 78.1 cm³/mol. The lowest BCUT2D eigenvalue weighted by Gasteiger charge is -2.34. The van der Waals surface area contributed by atoms with Gasteiger partial charge in [0.1, 0.15) is 12.4 Å². The quantitative estimate of drug-likeness (QED) is 0.856. The predicted octanol–water partition coefficient (Wildman–Crippen LogP) is 2.00. The highest BCUT2D eigenvalue weighted by atomic mass is 79.9. The third-order valence-electron chi connectivity index (χ3n) is 3.20. The molecule has 1 aromatic carbocycles. The molecule has 1 atom stereocenters. The lowest BCUT2D eigenvalue weighted by molar-refractivity contribution is -0.140. The molecule has 0 saturated carbocycles. The average Bonchev–Trinajstić information content (AvgIpc) is 2.40. The van der Waals surface area contributed by atoms with Crippen molar-refractivity contribution in [3.05, 3.63) is 28.7 Å². The molecule has 1 fully saturated rings. The molecular formula is C14H18BrNO4. The van der Waals surface area contributed by atoms with Gasteiger partial charge in [-0.25, -0.2) is 0 Å². The molecule has 5 nitrogen and oxygen atoms in total. The summed E-state index contributed by atoms with van der Waals surface area (Å²) in [5, 5.41) is 8.90. The Morgan fingerprint density at radius 1 is 1.55 bits per heavy atom. The second-order valence-electron chi connectivity index (χ2n) is 4.67. The van der Waals surface area contributed by atoms with Crippen molar-refractivity contribution in [1.29, 1.82) is 0 Å². The number of hydrogen-bond acceptors (Lipinski definition) is 4. The number of rotatable bonds is 6. The third kappa shape index (κ3) is 4.77. The number of hydrogen-bond donors (Lipinski definition) is 1. The highest BCUT2D eigenvalue weighted by Crippen LogP contribution is 2.18. The zero-order chi connectivity index (χ0) is 14.4. The lowest BCUT2D eigenvalue weighted by Crippen LogP contribution is -2.47. The van der Waals surface area contributed by atoms with E-state index in [2.05, 4.69) is 20.8 Å². The number of carboxylic acids is 1. The number of benzene rings is 1. The van der Waals surface area contributed by atoms with Crippen molar-refractivity contribution >= 4 is 21.9 Å². The molecule has 0 aliphatic carbocycles. The molecule has 1 aromatic rings. The number of ether oxygens (including phenoxy) is 2. The van der Waals surface area contributed by atoms with E-state index in [1.165, 1.54) is 0 Å². The van der Waals surface area contributed by atoms with E-state index < -0.39 is 5.97 Å². The highest BCUT2D eigenvalue weighted by Gasteiger charge is 2.24. The van der Waals surface area contributed by atoms with Crippen LogP contribution >= 0.6 is 15.9 Å².